The van der Waals surface area contributed by atoms with Gasteiger partial charge in [-0.05, 0) is 116 Å². The van der Waals surface area contributed by atoms with Crippen LogP contribution < -0.4 is 0 Å². The highest BCUT2D eigenvalue weighted by Gasteiger charge is 2.61. The van der Waals surface area contributed by atoms with Crippen LogP contribution in [0.5, 0.6) is 0 Å². The minimum absolute atomic E-state index is 0.161. The van der Waals surface area contributed by atoms with Crippen LogP contribution in [0.15, 0.2) is 0 Å². The lowest BCUT2D eigenvalue weighted by atomic mass is 9.43. The summed E-state index contributed by atoms with van der Waals surface area (Å²) in [4.78, 5) is 0. The van der Waals surface area contributed by atoms with Crippen molar-refractivity contribution < 1.29 is 10.2 Å². The van der Waals surface area contributed by atoms with Gasteiger partial charge >= 0.3 is 0 Å². The van der Waals surface area contributed by atoms with Crippen LogP contribution in [-0.4, -0.2) is 21.9 Å². The van der Waals surface area contributed by atoms with E-state index in [9.17, 15) is 10.2 Å². The maximum Gasteiger partial charge on any atom is 0.0648 e. The Balaban J connectivity index is 1.54. The van der Waals surface area contributed by atoms with Crippen LogP contribution in [0.3, 0.4) is 0 Å². The number of rotatable bonds is 4. The molecule has 168 valence electrons. The summed E-state index contributed by atoms with van der Waals surface area (Å²) in [5.74, 6) is 4.80. The molecule has 10 atom stereocenters. The molecule has 4 fully saturated rings. The molecule has 0 radical (unpaired) electrons. The minimum Gasteiger partial charge on any atom is -0.393 e. The van der Waals surface area contributed by atoms with Gasteiger partial charge in [0.15, 0.2) is 0 Å². The van der Waals surface area contributed by atoms with Crippen LogP contribution >= 0.6 is 0 Å². The van der Waals surface area contributed by atoms with E-state index in [1.54, 1.807) is 0 Å². The number of aliphatic hydroxyl groups excluding tert-OH is 1. The van der Waals surface area contributed by atoms with Gasteiger partial charge in [-0.3, -0.25) is 0 Å². The predicted octanol–water partition coefficient (Wildman–Crippen LogP) is 6.44. The molecule has 4 rings (SSSR count). The van der Waals surface area contributed by atoms with Crippen LogP contribution in [0, 0.1) is 52.3 Å². The van der Waals surface area contributed by atoms with Gasteiger partial charge in [0.2, 0.25) is 0 Å². The third-order valence-electron chi connectivity index (χ3n) is 11.4. The Morgan fingerprint density at radius 2 is 1.55 bits per heavy atom. The highest BCUT2D eigenvalue weighted by molar-refractivity contribution is 5.11. The maximum atomic E-state index is 11.0. The second-order valence-corrected chi connectivity index (χ2v) is 12.8. The first-order valence-corrected chi connectivity index (χ1v) is 13.0. The van der Waals surface area contributed by atoms with Crippen LogP contribution in [0.2, 0.25) is 0 Å². The zero-order valence-corrected chi connectivity index (χ0v) is 20.1. The molecule has 0 bridgehead atoms. The molecular formula is C27H48O2. The fourth-order valence-electron chi connectivity index (χ4n) is 9.39. The molecule has 2 nitrogen and oxygen atoms in total. The monoisotopic (exact) mass is 404 g/mol. The zero-order valence-electron chi connectivity index (χ0n) is 20.1. The fraction of sp³-hybridized carbons (Fsp3) is 1.00. The molecule has 0 spiro atoms. The molecule has 0 saturated heterocycles. The van der Waals surface area contributed by atoms with Crippen molar-refractivity contribution in [2.45, 2.75) is 117 Å². The summed E-state index contributed by atoms with van der Waals surface area (Å²) < 4.78 is 0. The van der Waals surface area contributed by atoms with Gasteiger partial charge in [0, 0.05) is 0 Å². The largest absolute Gasteiger partial charge is 0.393 e. The van der Waals surface area contributed by atoms with Crippen molar-refractivity contribution in [1.29, 1.82) is 0 Å². The molecule has 0 heterocycles. The SMILES string of the molecule is CC[C@]1(O)CC[C@@]2(C)[C@H](CC[C@@H]3[C@@H]2CC[C@]2(C)[C@@H]([C@H](C)[C@@H](O)C(C)C)CC[C@@H]32)C1. The molecule has 4 aliphatic rings. The molecule has 0 aromatic heterocycles. The van der Waals surface area contributed by atoms with E-state index in [-0.39, 0.29) is 11.7 Å². The number of hydrogen-bond acceptors (Lipinski definition) is 2. The predicted molar refractivity (Wildman–Crippen MR) is 120 cm³/mol. The molecule has 0 amide bonds. The standard InChI is InChI=1S/C27H48O2/c1-7-27(29)15-14-25(5)19(16-27)8-9-20-22-11-10-21(18(4)24(28)17(2)3)26(22,6)13-12-23(20)25/h17-24,28-29H,7-16H2,1-6H3/t18-,19+,20-,21+,22-,23-,24-,25-,26+,27-/m0/s1. The Morgan fingerprint density at radius 3 is 2.21 bits per heavy atom. The Morgan fingerprint density at radius 1 is 0.862 bits per heavy atom. The fourth-order valence-corrected chi connectivity index (χ4v) is 9.39. The van der Waals surface area contributed by atoms with Crippen LogP contribution in [-0.2, 0) is 0 Å². The van der Waals surface area contributed by atoms with Gasteiger partial charge in [-0.2, -0.15) is 0 Å². The van der Waals surface area contributed by atoms with Crippen molar-refractivity contribution >= 4 is 0 Å². The summed E-state index contributed by atoms with van der Waals surface area (Å²) in [7, 11) is 0. The van der Waals surface area contributed by atoms with E-state index in [1.165, 1.54) is 44.9 Å². The molecule has 4 aliphatic carbocycles. The lowest BCUT2D eigenvalue weighted by Crippen LogP contribution is -2.56. The van der Waals surface area contributed by atoms with Crippen LogP contribution in [0.1, 0.15) is 106 Å². The third kappa shape index (κ3) is 3.34. The average molecular weight is 405 g/mol. The molecule has 0 unspecified atom stereocenters. The van der Waals surface area contributed by atoms with E-state index in [0.717, 1.165) is 42.9 Å². The topological polar surface area (TPSA) is 40.5 Å². The van der Waals surface area contributed by atoms with Crippen molar-refractivity contribution in [3.8, 4) is 0 Å². The minimum atomic E-state index is -0.388. The quantitative estimate of drug-likeness (QED) is 0.566. The lowest BCUT2D eigenvalue weighted by Gasteiger charge is -2.62. The molecule has 29 heavy (non-hydrogen) atoms. The second-order valence-electron chi connectivity index (χ2n) is 12.8. The van der Waals surface area contributed by atoms with E-state index in [1.807, 2.05) is 0 Å². The Labute approximate surface area is 180 Å². The summed E-state index contributed by atoms with van der Waals surface area (Å²) >= 11 is 0. The second kappa shape index (κ2) is 7.51. The van der Waals surface area contributed by atoms with Gasteiger partial charge in [0.25, 0.3) is 0 Å². The Kier molecular flexibility index (Phi) is 5.73. The van der Waals surface area contributed by atoms with Crippen molar-refractivity contribution in [2.24, 2.45) is 52.3 Å². The van der Waals surface area contributed by atoms with Gasteiger partial charge in [-0.15, -0.1) is 0 Å². The molecule has 0 aromatic carbocycles. The highest BCUT2D eigenvalue weighted by Crippen LogP contribution is 2.69. The first kappa shape index (κ1) is 22.1. The van der Waals surface area contributed by atoms with E-state index in [4.69, 9.17) is 0 Å². The van der Waals surface area contributed by atoms with Crippen LogP contribution in [0.4, 0.5) is 0 Å². The van der Waals surface area contributed by atoms with Gasteiger partial charge in [0.05, 0.1) is 11.7 Å². The van der Waals surface area contributed by atoms with E-state index < -0.39 is 0 Å². The molecule has 0 aliphatic heterocycles. The van der Waals surface area contributed by atoms with Crippen molar-refractivity contribution in [2.75, 3.05) is 0 Å². The lowest BCUT2D eigenvalue weighted by molar-refractivity contribution is -0.154. The number of aliphatic hydroxyl groups is 2. The van der Waals surface area contributed by atoms with E-state index >= 15 is 0 Å². The summed E-state index contributed by atoms with van der Waals surface area (Å²) in [6, 6.07) is 0. The number of fused-ring (bicyclic) bond motifs is 5. The van der Waals surface area contributed by atoms with Gasteiger partial charge in [0.1, 0.15) is 0 Å². The van der Waals surface area contributed by atoms with E-state index in [0.29, 0.717) is 28.6 Å². The summed E-state index contributed by atoms with van der Waals surface area (Å²) in [6.45, 7) is 14.1. The third-order valence-corrected chi connectivity index (χ3v) is 11.4. The first-order valence-electron chi connectivity index (χ1n) is 13.0. The Bertz CT molecular complexity index is 601. The van der Waals surface area contributed by atoms with Gasteiger partial charge < -0.3 is 10.2 Å². The van der Waals surface area contributed by atoms with Gasteiger partial charge in [-0.25, -0.2) is 0 Å². The molecule has 4 saturated carbocycles. The molecule has 2 heteroatoms. The average Bonchev–Trinajstić information content (AvgIpc) is 3.04. The number of hydrogen-bond donors (Lipinski definition) is 2. The maximum absolute atomic E-state index is 11.0. The summed E-state index contributed by atoms with van der Waals surface area (Å²) in [5, 5.41) is 21.8. The zero-order chi connectivity index (χ0) is 21.2. The molecule has 0 aromatic rings. The van der Waals surface area contributed by atoms with E-state index in [2.05, 4.69) is 41.5 Å². The molecular weight excluding hydrogens is 356 g/mol. The summed E-state index contributed by atoms with van der Waals surface area (Å²) in [5.41, 5.74) is 0.492. The smallest absolute Gasteiger partial charge is 0.0648 e. The normalized spacial score (nSPS) is 51.8. The van der Waals surface area contributed by atoms with Crippen molar-refractivity contribution in [1.82, 2.24) is 0 Å². The van der Waals surface area contributed by atoms with Gasteiger partial charge in [-0.1, -0.05) is 41.5 Å². The first-order chi connectivity index (χ1) is 13.6. The molecule has 2 N–H and O–H groups in total. The van der Waals surface area contributed by atoms with Crippen LogP contribution in [0.25, 0.3) is 0 Å². The summed E-state index contributed by atoms with van der Waals surface area (Å²) in [6.07, 6.45) is 12.2. The highest BCUT2D eigenvalue weighted by atomic mass is 16.3. The Hall–Kier alpha value is -0.0800. The van der Waals surface area contributed by atoms with Crippen molar-refractivity contribution in [3.63, 3.8) is 0 Å². The van der Waals surface area contributed by atoms with Crippen molar-refractivity contribution in [3.05, 3.63) is 0 Å².